The summed E-state index contributed by atoms with van der Waals surface area (Å²) in [5, 5.41) is 0. The minimum Gasteiger partial charge on any atom is -0.490 e. The molecule has 0 aliphatic carbocycles. The molecule has 0 aliphatic heterocycles. The third-order valence-electron chi connectivity index (χ3n) is 3.23. The Bertz CT molecular complexity index is 804. The zero-order valence-corrected chi connectivity index (χ0v) is 21.3. The Morgan fingerprint density at radius 2 is 1.17 bits per heavy atom. The van der Waals surface area contributed by atoms with Crippen LogP contribution in [-0.4, -0.2) is 26.4 Å². The summed E-state index contributed by atoms with van der Waals surface area (Å²) in [6, 6.07) is 4.73. The molecule has 0 aliphatic rings. The molecule has 0 saturated heterocycles. The second kappa shape index (κ2) is 13.3. The first-order valence-corrected chi connectivity index (χ1v) is 11.4. The number of halogens is 5. The van der Waals surface area contributed by atoms with Crippen LogP contribution in [0.3, 0.4) is 0 Å². The summed E-state index contributed by atoms with van der Waals surface area (Å²) in [6.07, 6.45) is 0. The van der Waals surface area contributed by atoms with E-state index in [1.54, 1.807) is 26.0 Å². The van der Waals surface area contributed by atoms with Crippen LogP contribution in [0.2, 0.25) is 0 Å². The quantitative estimate of drug-likeness (QED) is 0.292. The van der Waals surface area contributed by atoms with Crippen LogP contribution in [-0.2, 0) is 0 Å². The molecule has 0 aromatic heterocycles. The lowest BCUT2D eigenvalue weighted by Crippen LogP contribution is -2.01. The van der Waals surface area contributed by atoms with Gasteiger partial charge in [-0.25, -0.2) is 8.78 Å². The average molecular weight is 605 g/mol. The van der Waals surface area contributed by atoms with Crippen molar-refractivity contribution in [2.45, 2.75) is 27.7 Å². The van der Waals surface area contributed by atoms with E-state index >= 15 is 0 Å². The summed E-state index contributed by atoms with van der Waals surface area (Å²) < 4.78 is 49.6. The summed E-state index contributed by atoms with van der Waals surface area (Å²) in [6.45, 7) is 9.04. The zero-order chi connectivity index (χ0) is 22.0. The smallest absolute Gasteiger partial charge is 0.198 e. The summed E-state index contributed by atoms with van der Waals surface area (Å²) in [5.41, 5.74) is 0. The minimum absolute atomic E-state index is 0.148. The molecule has 162 valence electrons. The van der Waals surface area contributed by atoms with E-state index in [0.29, 0.717) is 51.3 Å². The molecule has 0 bridgehead atoms. The van der Waals surface area contributed by atoms with E-state index in [1.807, 2.05) is 13.8 Å². The maximum absolute atomic E-state index is 13.8. The summed E-state index contributed by atoms with van der Waals surface area (Å²) in [7, 11) is 0. The topological polar surface area (TPSA) is 36.9 Å². The first-order valence-electron chi connectivity index (χ1n) is 8.98. The van der Waals surface area contributed by atoms with Crippen molar-refractivity contribution >= 4 is 47.8 Å². The van der Waals surface area contributed by atoms with Gasteiger partial charge in [-0.2, -0.15) is 0 Å². The van der Waals surface area contributed by atoms with Crippen molar-refractivity contribution in [3.05, 3.63) is 43.3 Å². The van der Waals surface area contributed by atoms with Crippen LogP contribution in [0.15, 0.2) is 31.6 Å². The van der Waals surface area contributed by atoms with Crippen LogP contribution in [0.25, 0.3) is 0 Å². The number of hydrogen-bond donors (Lipinski definition) is 0. The zero-order valence-electron chi connectivity index (χ0n) is 16.6. The molecule has 0 N–H and O–H groups in total. The van der Waals surface area contributed by atoms with E-state index in [9.17, 15) is 8.78 Å². The number of rotatable bonds is 8. The third kappa shape index (κ3) is 7.61. The van der Waals surface area contributed by atoms with Crippen molar-refractivity contribution in [3.8, 4) is 23.0 Å². The van der Waals surface area contributed by atoms with Crippen LogP contribution in [0.5, 0.6) is 23.0 Å². The van der Waals surface area contributed by atoms with Gasteiger partial charge >= 0.3 is 0 Å². The average Bonchev–Trinajstić information content (AvgIpc) is 2.67. The summed E-state index contributed by atoms with van der Waals surface area (Å²) in [5.74, 6) is 0.305. The highest BCUT2D eigenvalue weighted by atomic mass is 79.9. The van der Waals surface area contributed by atoms with Gasteiger partial charge in [0.25, 0.3) is 0 Å². The van der Waals surface area contributed by atoms with E-state index in [0.717, 1.165) is 0 Å². The highest BCUT2D eigenvalue weighted by molar-refractivity contribution is 9.13. The van der Waals surface area contributed by atoms with E-state index in [2.05, 4.69) is 47.8 Å². The molecule has 0 saturated carbocycles. The maximum Gasteiger partial charge on any atom is 0.198 e. The van der Waals surface area contributed by atoms with E-state index in [1.165, 1.54) is 6.07 Å². The second-order valence-electron chi connectivity index (χ2n) is 5.26. The maximum atomic E-state index is 13.8. The van der Waals surface area contributed by atoms with Crippen LogP contribution < -0.4 is 18.9 Å². The largest absolute Gasteiger partial charge is 0.490 e. The number of hydrogen-bond acceptors (Lipinski definition) is 4. The Hall–Kier alpha value is -1.06. The van der Waals surface area contributed by atoms with Crippen molar-refractivity contribution in [2.75, 3.05) is 26.4 Å². The Morgan fingerprint density at radius 1 is 0.690 bits per heavy atom. The fraction of sp³-hybridized carbons (Fsp3) is 0.400. The van der Waals surface area contributed by atoms with Gasteiger partial charge in [0.05, 0.1) is 30.9 Å². The molecule has 0 fully saturated rings. The van der Waals surface area contributed by atoms with Gasteiger partial charge in [-0.3, -0.25) is 0 Å². The highest BCUT2D eigenvalue weighted by Gasteiger charge is 2.17. The van der Waals surface area contributed by atoms with Gasteiger partial charge in [0.15, 0.2) is 34.6 Å². The van der Waals surface area contributed by atoms with Gasteiger partial charge < -0.3 is 18.9 Å². The second-order valence-corrected chi connectivity index (χ2v) is 7.82. The van der Waals surface area contributed by atoms with Crippen LogP contribution in [0.4, 0.5) is 8.78 Å². The van der Waals surface area contributed by atoms with Crippen molar-refractivity contribution in [2.24, 2.45) is 0 Å². The standard InChI is InChI=1S/C10H11Br2FO2.C10H12BrFO2/c1-3-14-7-5-6(11)8(12)9(13)10(7)15-4-2;1-3-13-9-6-7(11)5-8(12)10(9)14-4-2/h5H,3-4H2,1-2H3;5-6H,3-4H2,1-2H3. The molecule has 0 radical (unpaired) electrons. The fourth-order valence-electron chi connectivity index (χ4n) is 2.18. The molecule has 4 nitrogen and oxygen atoms in total. The van der Waals surface area contributed by atoms with Gasteiger partial charge in [0.2, 0.25) is 0 Å². The van der Waals surface area contributed by atoms with Gasteiger partial charge in [-0.1, -0.05) is 15.9 Å². The first kappa shape index (κ1) is 26.0. The molecule has 2 aromatic rings. The SMILES string of the molecule is CCOc1cc(Br)c(Br)c(F)c1OCC.CCOc1cc(Br)cc(F)c1OCC. The molecule has 29 heavy (non-hydrogen) atoms. The van der Waals surface area contributed by atoms with E-state index in [4.69, 9.17) is 18.9 Å². The van der Waals surface area contributed by atoms with Crippen molar-refractivity contribution in [1.29, 1.82) is 0 Å². The third-order valence-corrected chi connectivity index (χ3v) is 5.63. The molecular formula is C20H23Br3F2O4. The first-order chi connectivity index (χ1) is 13.8. The van der Waals surface area contributed by atoms with E-state index in [-0.39, 0.29) is 11.5 Å². The number of benzene rings is 2. The van der Waals surface area contributed by atoms with Crippen LogP contribution >= 0.6 is 47.8 Å². The van der Waals surface area contributed by atoms with Crippen molar-refractivity contribution in [1.82, 2.24) is 0 Å². The normalized spacial score (nSPS) is 10.1. The van der Waals surface area contributed by atoms with Gasteiger partial charge in [0.1, 0.15) is 0 Å². The van der Waals surface area contributed by atoms with Gasteiger partial charge in [-0.05, 0) is 77.8 Å². The monoisotopic (exact) mass is 602 g/mol. The Balaban J connectivity index is 0.000000291. The van der Waals surface area contributed by atoms with Crippen LogP contribution in [0, 0.1) is 11.6 Å². The minimum atomic E-state index is -0.449. The Morgan fingerprint density at radius 3 is 1.69 bits per heavy atom. The molecular weight excluding hydrogens is 582 g/mol. The molecule has 0 amide bonds. The Kier molecular flexibility index (Phi) is 11.9. The van der Waals surface area contributed by atoms with Gasteiger partial charge in [0, 0.05) is 8.95 Å². The van der Waals surface area contributed by atoms with Crippen molar-refractivity contribution < 1.29 is 27.7 Å². The van der Waals surface area contributed by atoms with Crippen LogP contribution in [0.1, 0.15) is 27.7 Å². The summed E-state index contributed by atoms with van der Waals surface area (Å²) >= 11 is 9.55. The highest BCUT2D eigenvalue weighted by Crippen LogP contribution is 2.40. The molecule has 0 heterocycles. The number of ether oxygens (including phenoxy) is 4. The molecule has 2 aromatic carbocycles. The predicted octanol–water partition coefficient (Wildman–Crippen LogP) is 7.53. The molecule has 2 rings (SSSR count). The Labute approximate surface area is 195 Å². The lowest BCUT2D eigenvalue weighted by atomic mass is 10.3. The fourth-order valence-corrected chi connectivity index (χ4v) is 3.27. The molecule has 0 unspecified atom stereocenters. The molecule has 0 spiro atoms. The molecule has 9 heteroatoms. The molecule has 0 atom stereocenters. The van der Waals surface area contributed by atoms with Gasteiger partial charge in [-0.15, -0.1) is 0 Å². The van der Waals surface area contributed by atoms with Crippen molar-refractivity contribution in [3.63, 3.8) is 0 Å². The van der Waals surface area contributed by atoms with E-state index < -0.39 is 11.6 Å². The lowest BCUT2D eigenvalue weighted by molar-refractivity contribution is 0.275. The lowest BCUT2D eigenvalue weighted by Gasteiger charge is -2.13. The predicted molar refractivity (Wildman–Crippen MR) is 121 cm³/mol. The summed E-state index contributed by atoms with van der Waals surface area (Å²) in [4.78, 5) is 0.